The van der Waals surface area contributed by atoms with E-state index in [1.807, 2.05) is 37.3 Å². The van der Waals surface area contributed by atoms with Crippen molar-refractivity contribution in [1.82, 2.24) is 10.3 Å². The quantitative estimate of drug-likeness (QED) is 0.425. The summed E-state index contributed by atoms with van der Waals surface area (Å²) in [7, 11) is 1.25. The molecule has 0 fully saturated rings. The molecule has 9 heteroatoms. The number of aryl methyl sites for hydroxylation is 1. The third-order valence-corrected chi connectivity index (χ3v) is 5.46. The Balaban J connectivity index is 1.64. The fraction of sp³-hybridized carbons (Fsp3) is 0.231. The fourth-order valence-electron chi connectivity index (χ4n) is 3.64. The molecule has 1 heterocycles. The van der Waals surface area contributed by atoms with Gasteiger partial charge in [-0.3, -0.25) is 9.59 Å². The topological polar surface area (TPSA) is 127 Å². The van der Waals surface area contributed by atoms with Crippen molar-refractivity contribution in [3.63, 3.8) is 0 Å². The smallest absolute Gasteiger partial charge is 0.355 e. The number of amides is 2. The number of hydrogen-bond donors (Lipinski definition) is 3. The lowest BCUT2D eigenvalue weighted by Crippen LogP contribution is -2.28. The van der Waals surface area contributed by atoms with Crippen molar-refractivity contribution in [3.05, 3.63) is 88.2 Å². The lowest BCUT2D eigenvalue weighted by atomic mass is 10.1. The summed E-state index contributed by atoms with van der Waals surface area (Å²) in [5, 5.41) is 5.52. The number of benzene rings is 2. The van der Waals surface area contributed by atoms with Crippen LogP contribution < -0.4 is 10.6 Å². The Morgan fingerprint density at radius 3 is 2.29 bits per heavy atom. The number of hydrogen-bond acceptors (Lipinski definition) is 6. The molecule has 0 aliphatic heterocycles. The van der Waals surface area contributed by atoms with E-state index in [-0.39, 0.29) is 34.5 Å². The number of H-pyrrole nitrogens is 1. The number of anilines is 1. The van der Waals surface area contributed by atoms with Crippen molar-refractivity contribution in [2.45, 2.75) is 26.8 Å². The Hall–Kier alpha value is -4.40. The molecular weight excluding hydrogens is 450 g/mol. The Morgan fingerprint density at radius 2 is 1.60 bits per heavy atom. The first-order chi connectivity index (χ1) is 16.7. The lowest BCUT2D eigenvalue weighted by molar-refractivity contribution is -0.119. The number of carbonyl (C=O) groups excluding carboxylic acids is 4. The average molecular weight is 478 g/mol. The van der Waals surface area contributed by atoms with Gasteiger partial charge in [-0.1, -0.05) is 42.5 Å². The molecule has 0 aliphatic carbocycles. The van der Waals surface area contributed by atoms with E-state index in [9.17, 15) is 19.2 Å². The Bertz CT molecular complexity index is 1250. The molecule has 1 atom stereocenters. The number of ether oxygens (including phenoxy) is 2. The number of carbonyl (C=O) groups is 4. The van der Waals surface area contributed by atoms with Crippen LogP contribution in [0.4, 0.5) is 5.69 Å². The molecule has 0 aliphatic rings. The molecule has 9 nitrogen and oxygen atoms in total. The molecule has 2 amide bonds. The molecule has 3 aromatic rings. The van der Waals surface area contributed by atoms with Gasteiger partial charge < -0.3 is 25.1 Å². The van der Waals surface area contributed by atoms with E-state index in [1.165, 1.54) is 7.11 Å². The highest BCUT2D eigenvalue weighted by Crippen LogP contribution is 2.20. The first kappa shape index (κ1) is 25.2. The third-order valence-electron chi connectivity index (χ3n) is 5.46. The van der Waals surface area contributed by atoms with Gasteiger partial charge in [-0.15, -0.1) is 0 Å². The molecule has 0 bridgehead atoms. The molecular formula is C26H27N3O6. The van der Waals surface area contributed by atoms with Gasteiger partial charge in [0.2, 0.25) is 0 Å². The summed E-state index contributed by atoms with van der Waals surface area (Å²) < 4.78 is 9.84. The molecule has 0 unspecified atom stereocenters. The third kappa shape index (κ3) is 5.94. The van der Waals surface area contributed by atoms with E-state index in [2.05, 4.69) is 15.6 Å². The summed E-state index contributed by atoms with van der Waals surface area (Å²) >= 11 is 0. The number of para-hydroxylation sites is 1. The normalized spacial score (nSPS) is 11.3. The zero-order valence-corrected chi connectivity index (χ0v) is 19.9. The zero-order valence-electron chi connectivity index (χ0n) is 19.9. The first-order valence-electron chi connectivity index (χ1n) is 10.9. The largest absolute Gasteiger partial charge is 0.465 e. The minimum atomic E-state index is -0.793. The second-order valence-electron chi connectivity index (χ2n) is 7.89. The minimum absolute atomic E-state index is 0.0605. The number of rotatable bonds is 8. The Labute approximate surface area is 202 Å². The van der Waals surface area contributed by atoms with Crippen LogP contribution in [0.5, 0.6) is 0 Å². The molecule has 2 aromatic carbocycles. The van der Waals surface area contributed by atoms with Crippen molar-refractivity contribution < 1.29 is 28.7 Å². The van der Waals surface area contributed by atoms with Crippen LogP contribution in [0.1, 0.15) is 61.0 Å². The predicted molar refractivity (Wildman–Crippen MR) is 129 cm³/mol. The average Bonchev–Trinajstić information content (AvgIpc) is 3.16. The van der Waals surface area contributed by atoms with Gasteiger partial charge in [0.05, 0.1) is 30.0 Å². The number of aromatic nitrogens is 1. The molecule has 0 radical (unpaired) electrons. The van der Waals surface area contributed by atoms with Crippen molar-refractivity contribution in [3.8, 4) is 0 Å². The van der Waals surface area contributed by atoms with E-state index >= 15 is 0 Å². The van der Waals surface area contributed by atoms with Crippen molar-refractivity contribution in [2.75, 3.05) is 19.0 Å². The second kappa shape index (κ2) is 11.1. The Kier molecular flexibility index (Phi) is 8.04. The fourth-order valence-corrected chi connectivity index (χ4v) is 3.64. The van der Waals surface area contributed by atoms with Crippen molar-refractivity contribution in [2.24, 2.45) is 0 Å². The molecule has 0 saturated carbocycles. The minimum Gasteiger partial charge on any atom is -0.465 e. The van der Waals surface area contributed by atoms with Crippen molar-refractivity contribution in [1.29, 1.82) is 0 Å². The van der Waals surface area contributed by atoms with Gasteiger partial charge in [0.15, 0.2) is 6.61 Å². The molecule has 35 heavy (non-hydrogen) atoms. The highest BCUT2D eigenvalue weighted by atomic mass is 16.5. The summed E-state index contributed by atoms with van der Waals surface area (Å²) in [5.74, 6) is -2.35. The van der Waals surface area contributed by atoms with Crippen LogP contribution in [-0.4, -0.2) is 42.5 Å². The SMILES string of the molecule is COC(=O)c1c(C)[nH]c(C(=O)OCC(=O)Nc2ccccc2C(=O)N[C@H](C)c2ccccc2)c1C. The maximum atomic E-state index is 12.8. The number of methoxy groups -OCH3 is 1. The van der Waals surface area contributed by atoms with Gasteiger partial charge in [0.1, 0.15) is 5.69 Å². The van der Waals surface area contributed by atoms with E-state index in [1.54, 1.807) is 38.1 Å². The van der Waals surface area contributed by atoms with Crippen LogP contribution in [0.2, 0.25) is 0 Å². The van der Waals surface area contributed by atoms with Gasteiger partial charge >= 0.3 is 11.9 Å². The van der Waals surface area contributed by atoms with Crippen LogP contribution in [0.15, 0.2) is 54.6 Å². The van der Waals surface area contributed by atoms with Gasteiger partial charge in [-0.05, 0) is 44.0 Å². The standard InChI is InChI=1S/C26H27N3O6/c1-15-22(25(32)34-4)17(3)27-23(15)26(33)35-14-21(30)29-20-13-9-8-12-19(20)24(31)28-16(2)18-10-6-5-7-11-18/h5-13,16,27H,14H2,1-4H3,(H,28,31)(H,29,30)/t16-/m1/s1. The van der Waals surface area contributed by atoms with E-state index in [0.717, 1.165) is 5.56 Å². The van der Waals surface area contributed by atoms with Crippen LogP contribution in [0, 0.1) is 13.8 Å². The van der Waals surface area contributed by atoms with Crippen LogP contribution in [-0.2, 0) is 14.3 Å². The van der Waals surface area contributed by atoms with Crippen molar-refractivity contribution >= 4 is 29.4 Å². The summed E-state index contributed by atoms with van der Waals surface area (Å²) in [6.07, 6.45) is 0. The lowest BCUT2D eigenvalue weighted by Gasteiger charge is -2.16. The monoisotopic (exact) mass is 477 g/mol. The highest BCUT2D eigenvalue weighted by Gasteiger charge is 2.24. The molecule has 1 aromatic heterocycles. The molecule has 182 valence electrons. The number of aromatic amines is 1. The van der Waals surface area contributed by atoms with Crippen LogP contribution in [0.3, 0.4) is 0 Å². The van der Waals surface area contributed by atoms with Gasteiger partial charge in [0, 0.05) is 5.69 Å². The zero-order chi connectivity index (χ0) is 25.5. The van der Waals surface area contributed by atoms with Crippen LogP contribution in [0.25, 0.3) is 0 Å². The molecule has 0 spiro atoms. The second-order valence-corrected chi connectivity index (χ2v) is 7.89. The van der Waals surface area contributed by atoms with Gasteiger partial charge in [-0.25, -0.2) is 9.59 Å². The first-order valence-corrected chi connectivity index (χ1v) is 10.9. The summed E-state index contributed by atoms with van der Waals surface area (Å²) in [6, 6.07) is 15.8. The van der Waals surface area contributed by atoms with Gasteiger partial charge in [-0.2, -0.15) is 0 Å². The molecule has 3 rings (SSSR count). The molecule has 3 N–H and O–H groups in total. The van der Waals surface area contributed by atoms with Crippen LogP contribution >= 0.6 is 0 Å². The Morgan fingerprint density at radius 1 is 0.943 bits per heavy atom. The summed E-state index contributed by atoms with van der Waals surface area (Å²) in [5.41, 5.74) is 2.63. The van der Waals surface area contributed by atoms with E-state index in [0.29, 0.717) is 11.3 Å². The maximum Gasteiger partial charge on any atom is 0.355 e. The van der Waals surface area contributed by atoms with E-state index < -0.39 is 24.5 Å². The maximum absolute atomic E-state index is 12.8. The predicted octanol–water partition coefficient (Wildman–Crippen LogP) is 3.70. The van der Waals surface area contributed by atoms with Gasteiger partial charge in [0.25, 0.3) is 11.8 Å². The summed E-state index contributed by atoms with van der Waals surface area (Å²) in [6.45, 7) is 4.49. The number of esters is 2. The number of nitrogens with one attached hydrogen (secondary N) is 3. The highest BCUT2D eigenvalue weighted by molar-refractivity contribution is 6.05. The van der Waals surface area contributed by atoms with E-state index in [4.69, 9.17) is 9.47 Å². The molecule has 0 saturated heterocycles. The summed E-state index contributed by atoms with van der Waals surface area (Å²) in [4.78, 5) is 52.5.